The predicted octanol–water partition coefficient (Wildman–Crippen LogP) is 2.16. The molecule has 3 heteroatoms. The van der Waals surface area contributed by atoms with Crippen molar-refractivity contribution in [2.24, 2.45) is 29.6 Å². The van der Waals surface area contributed by atoms with Crippen molar-refractivity contribution in [2.45, 2.75) is 43.8 Å². The van der Waals surface area contributed by atoms with Crippen LogP contribution in [-0.2, 0) is 14.5 Å². The Hall–Kier alpha value is -0.120. The first-order valence-corrected chi connectivity index (χ1v) is 7.27. The monoisotopic (exact) mass is 236 g/mol. The van der Waals surface area contributed by atoms with Crippen LogP contribution in [-0.4, -0.2) is 24.9 Å². The van der Waals surface area contributed by atoms with Crippen LogP contribution in [0, 0.1) is 29.6 Å². The first-order chi connectivity index (χ1) is 8.35. The summed E-state index contributed by atoms with van der Waals surface area (Å²) < 4.78 is 6.04. The fraction of sp³-hybridized carbons (Fsp3) is 1.00. The summed E-state index contributed by atoms with van der Waals surface area (Å²) in [4.78, 5) is 10.3. The Labute approximate surface area is 102 Å². The van der Waals surface area contributed by atoms with Gasteiger partial charge in [-0.15, -0.1) is 0 Å². The molecule has 0 N–H and O–H groups in total. The molecule has 2 aliphatic heterocycles. The molecule has 2 atom stereocenters. The summed E-state index contributed by atoms with van der Waals surface area (Å²) in [5.74, 6) is 4.73. The van der Waals surface area contributed by atoms with Crippen LogP contribution in [0.3, 0.4) is 0 Å². The summed E-state index contributed by atoms with van der Waals surface area (Å²) in [5, 5.41) is 0. The van der Waals surface area contributed by atoms with Crippen molar-refractivity contribution >= 4 is 0 Å². The van der Waals surface area contributed by atoms with E-state index in [-0.39, 0.29) is 5.60 Å². The number of fused-ring (bicyclic) bond motifs is 2. The van der Waals surface area contributed by atoms with Gasteiger partial charge in [-0.1, -0.05) is 0 Å². The first-order valence-electron chi connectivity index (χ1n) is 7.27. The van der Waals surface area contributed by atoms with Crippen LogP contribution in [0.2, 0.25) is 0 Å². The Bertz CT molecular complexity index is 327. The van der Waals surface area contributed by atoms with Crippen LogP contribution in [0.25, 0.3) is 0 Å². The van der Waals surface area contributed by atoms with Gasteiger partial charge in [0.2, 0.25) is 0 Å². The summed E-state index contributed by atoms with van der Waals surface area (Å²) in [6.45, 7) is 1.34. The second-order valence-electron chi connectivity index (χ2n) is 7.06. The summed E-state index contributed by atoms with van der Waals surface area (Å²) in [5.41, 5.74) is 0.0703. The number of rotatable bonds is 1. The molecule has 3 nitrogen and oxygen atoms in total. The van der Waals surface area contributed by atoms with Gasteiger partial charge < -0.3 is 4.74 Å². The number of hydrogen-bond acceptors (Lipinski definition) is 3. The SMILES string of the molecule is C1C2CC3CC1CC(C2)C3[C@@]12COOC[C@@H]1O2. The lowest BCUT2D eigenvalue weighted by Crippen LogP contribution is -2.53. The standard InChI is InChI=1S/C14H20O3/c1-8-2-10-4-9(1)5-11(3-8)13(10)14-7-16-15-6-12(14)17-14/h8-13H,1-7H2/t8?,9?,10?,11?,12-,13?,14+/m0/s1. The zero-order valence-corrected chi connectivity index (χ0v) is 10.1. The minimum atomic E-state index is 0.0703. The molecular formula is C14H20O3. The van der Waals surface area contributed by atoms with E-state index in [1.165, 1.54) is 32.1 Å². The van der Waals surface area contributed by atoms with Gasteiger partial charge in [0.25, 0.3) is 0 Å². The van der Waals surface area contributed by atoms with Crippen LogP contribution in [0.15, 0.2) is 0 Å². The zero-order chi connectivity index (χ0) is 11.0. The topological polar surface area (TPSA) is 31.0 Å². The molecule has 6 aliphatic rings. The van der Waals surface area contributed by atoms with Gasteiger partial charge in [-0.05, 0) is 61.7 Å². The molecule has 0 unspecified atom stereocenters. The van der Waals surface area contributed by atoms with Crippen LogP contribution in [0.5, 0.6) is 0 Å². The van der Waals surface area contributed by atoms with Crippen LogP contribution in [0.1, 0.15) is 32.1 Å². The zero-order valence-electron chi connectivity index (χ0n) is 10.1. The molecule has 0 amide bonds. The van der Waals surface area contributed by atoms with Gasteiger partial charge in [-0.3, -0.25) is 0 Å². The second-order valence-corrected chi connectivity index (χ2v) is 7.06. The highest BCUT2D eigenvalue weighted by atomic mass is 17.2. The van der Waals surface area contributed by atoms with Gasteiger partial charge in [0, 0.05) is 0 Å². The molecule has 17 heavy (non-hydrogen) atoms. The Morgan fingerprint density at radius 2 is 1.53 bits per heavy atom. The third-order valence-corrected chi connectivity index (χ3v) is 6.23. The fourth-order valence-electron chi connectivity index (χ4n) is 5.89. The Balaban J connectivity index is 1.48. The maximum absolute atomic E-state index is 6.04. The molecule has 2 heterocycles. The minimum absolute atomic E-state index is 0.0703. The molecule has 4 saturated carbocycles. The normalized spacial score (nSPS) is 63.5. The Morgan fingerprint density at radius 3 is 2.18 bits per heavy atom. The fourth-order valence-corrected chi connectivity index (χ4v) is 5.89. The molecule has 4 aliphatic carbocycles. The lowest BCUT2D eigenvalue weighted by atomic mass is 9.49. The molecule has 0 aromatic carbocycles. The van der Waals surface area contributed by atoms with E-state index in [9.17, 15) is 0 Å². The highest BCUT2D eigenvalue weighted by Gasteiger charge is 2.69. The highest BCUT2D eigenvalue weighted by molar-refractivity contribution is 5.15. The molecule has 0 aromatic heterocycles. The minimum Gasteiger partial charge on any atom is -0.360 e. The average Bonchev–Trinajstić information content (AvgIpc) is 3.02. The van der Waals surface area contributed by atoms with Crippen LogP contribution >= 0.6 is 0 Å². The van der Waals surface area contributed by atoms with Gasteiger partial charge in [-0.25, -0.2) is 9.78 Å². The van der Waals surface area contributed by atoms with Gasteiger partial charge in [0.15, 0.2) is 0 Å². The quantitative estimate of drug-likeness (QED) is 0.516. The van der Waals surface area contributed by atoms with Crippen molar-refractivity contribution in [3.8, 4) is 0 Å². The van der Waals surface area contributed by atoms with Crippen molar-refractivity contribution in [1.82, 2.24) is 0 Å². The second kappa shape index (κ2) is 3.06. The molecule has 94 valence electrons. The van der Waals surface area contributed by atoms with Gasteiger partial charge in [0.05, 0.1) is 0 Å². The number of ether oxygens (including phenoxy) is 1. The predicted molar refractivity (Wildman–Crippen MR) is 60.0 cm³/mol. The smallest absolute Gasteiger partial charge is 0.127 e. The molecule has 2 saturated heterocycles. The maximum Gasteiger partial charge on any atom is 0.127 e. The summed E-state index contributed by atoms with van der Waals surface area (Å²) in [6.07, 6.45) is 7.74. The van der Waals surface area contributed by atoms with Crippen molar-refractivity contribution in [1.29, 1.82) is 0 Å². The average molecular weight is 236 g/mol. The lowest BCUT2D eigenvalue weighted by molar-refractivity contribution is -0.318. The summed E-state index contributed by atoms with van der Waals surface area (Å²) in [6, 6.07) is 0. The third-order valence-electron chi connectivity index (χ3n) is 6.23. The molecule has 6 rings (SSSR count). The summed E-state index contributed by atoms with van der Waals surface area (Å²) in [7, 11) is 0. The van der Waals surface area contributed by atoms with E-state index >= 15 is 0 Å². The Morgan fingerprint density at radius 1 is 0.824 bits per heavy atom. The molecule has 0 aromatic rings. The molecule has 6 fully saturated rings. The van der Waals surface area contributed by atoms with Gasteiger partial charge in [-0.2, -0.15) is 0 Å². The molecular weight excluding hydrogens is 216 g/mol. The Kier molecular flexibility index (Phi) is 1.76. The van der Waals surface area contributed by atoms with Crippen molar-refractivity contribution in [2.75, 3.05) is 13.2 Å². The van der Waals surface area contributed by atoms with Crippen molar-refractivity contribution in [3.05, 3.63) is 0 Å². The largest absolute Gasteiger partial charge is 0.360 e. The van der Waals surface area contributed by atoms with E-state index in [2.05, 4.69) is 0 Å². The van der Waals surface area contributed by atoms with E-state index in [1.54, 1.807) is 0 Å². The maximum atomic E-state index is 6.04. The third kappa shape index (κ3) is 1.18. The molecule has 0 radical (unpaired) electrons. The van der Waals surface area contributed by atoms with Gasteiger partial charge >= 0.3 is 0 Å². The van der Waals surface area contributed by atoms with Crippen LogP contribution < -0.4 is 0 Å². The van der Waals surface area contributed by atoms with Crippen molar-refractivity contribution < 1.29 is 14.5 Å². The van der Waals surface area contributed by atoms with E-state index in [4.69, 9.17) is 14.5 Å². The van der Waals surface area contributed by atoms with E-state index in [1.807, 2.05) is 0 Å². The van der Waals surface area contributed by atoms with E-state index < -0.39 is 0 Å². The molecule has 4 bridgehead atoms. The summed E-state index contributed by atoms with van der Waals surface area (Å²) >= 11 is 0. The number of hydrogen-bond donors (Lipinski definition) is 0. The molecule has 0 spiro atoms. The van der Waals surface area contributed by atoms with Crippen LogP contribution in [0.4, 0.5) is 0 Å². The highest BCUT2D eigenvalue weighted by Crippen LogP contribution is 2.64. The first kappa shape index (κ1) is 9.76. The van der Waals surface area contributed by atoms with E-state index in [0.717, 1.165) is 29.6 Å². The number of epoxide rings is 1. The van der Waals surface area contributed by atoms with E-state index in [0.29, 0.717) is 19.3 Å². The van der Waals surface area contributed by atoms with Crippen molar-refractivity contribution in [3.63, 3.8) is 0 Å². The lowest BCUT2D eigenvalue weighted by Gasteiger charge is -2.56. The van der Waals surface area contributed by atoms with Gasteiger partial charge in [0.1, 0.15) is 24.9 Å².